The lowest BCUT2D eigenvalue weighted by Crippen LogP contribution is -2.04. The van der Waals surface area contributed by atoms with E-state index in [1.807, 2.05) is 0 Å². The van der Waals surface area contributed by atoms with Crippen molar-refractivity contribution in [3.8, 4) is 22.5 Å². The first-order chi connectivity index (χ1) is 16.3. The van der Waals surface area contributed by atoms with Crippen molar-refractivity contribution in [2.24, 2.45) is 0 Å². The van der Waals surface area contributed by atoms with Crippen LogP contribution in [0.4, 0.5) is 33.6 Å². The zero-order chi connectivity index (χ0) is 23.9. The number of fused-ring (bicyclic) bond motifs is 1. The van der Waals surface area contributed by atoms with E-state index in [2.05, 4.69) is 25.5 Å². The fourth-order valence-electron chi connectivity index (χ4n) is 3.45. The summed E-state index contributed by atoms with van der Waals surface area (Å²) in [7, 11) is 0. The second kappa shape index (κ2) is 8.18. The number of nitrogens with one attached hydrogen (secondary N) is 1. The summed E-state index contributed by atoms with van der Waals surface area (Å²) in [6.07, 6.45) is -1.60. The summed E-state index contributed by atoms with van der Waals surface area (Å²) in [5.74, 6) is -1.96. The van der Waals surface area contributed by atoms with Crippen LogP contribution in [0.2, 0.25) is 0 Å². The first-order valence-corrected chi connectivity index (χ1v) is 9.87. The van der Waals surface area contributed by atoms with Crippen LogP contribution in [0, 0.1) is 11.6 Å². The molecule has 0 atom stereocenters. The van der Waals surface area contributed by atoms with Crippen LogP contribution in [-0.2, 0) is 6.18 Å². The molecule has 6 nitrogen and oxygen atoms in total. The second-order valence-corrected chi connectivity index (χ2v) is 7.22. The highest BCUT2D eigenvalue weighted by Crippen LogP contribution is 2.37. The Kier molecular flexibility index (Phi) is 5.16. The predicted octanol–water partition coefficient (Wildman–Crippen LogP) is 5.89. The minimum absolute atomic E-state index is 0.0711. The normalized spacial score (nSPS) is 11.7. The average Bonchev–Trinajstić information content (AvgIpc) is 3.21. The molecule has 0 aliphatic heterocycles. The standard InChI is InChI=1S/C23H13F5N6/c24-16-7-6-15(12-17(16)25)31-22-29-10-8-18(32-22)20-19-5-2-9-30-34(19)33-21(20)13-3-1-4-14(11-13)23(26,27)28/h1-12H,(H,29,31,32). The summed E-state index contributed by atoms with van der Waals surface area (Å²) in [4.78, 5) is 8.52. The molecule has 5 aromatic rings. The molecule has 0 fully saturated rings. The number of anilines is 2. The highest BCUT2D eigenvalue weighted by atomic mass is 19.4. The Bertz CT molecular complexity index is 1510. The maximum absolute atomic E-state index is 13.6. The van der Waals surface area contributed by atoms with Gasteiger partial charge in [0.25, 0.3) is 0 Å². The van der Waals surface area contributed by atoms with Gasteiger partial charge in [0.1, 0.15) is 5.69 Å². The summed E-state index contributed by atoms with van der Waals surface area (Å²) in [6.45, 7) is 0. The molecule has 0 amide bonds. The first kappa shape index (κ1) is 21.4. The first-order valence-electron chi connectivity index (χ1n) is 9.87. The minimum Gasteiger partial charge on any atom is -0.324 e. The number of rotatable bonds is 4. The summed E-state index contributed by atoms with van der Waals surface area (Å²) in [5.41, 5.74) is 1.15. The van der Waals surface area contributed by atoms with Crippen molar-refractivity contribution in [3.63, 3.8) is 0 Å². The van der Waals surface area contributed by atoms with Gasteiger partial charge in [-0.15, -0.1) is 5.10 Å². The van der Waals surface area contributed by atoms with E-state index in [0.29, 0.717) is 16.8 Å². The molecule has 34 heavy (non-hydrogen) atoms. The summed E-state index contributed by atoms with van der Waals surface area (Å²) >= 11 is 0. The van der Waals surface area contributed by atoms with Gasteiger partial charge in [-0.25, -0.2) is 18.7 Å². The van der Waals surface area contributed by atoms with Crippen LogP contribution >= 0.6 is 0 Å². The van der Waals surface area contributed by atoms with Crippen LogP contribution in [0.25, 0.3) is 28.0 Å². The lowest BCUT2D eigenvalue weighted by molar-refractivity contribution is -0.137. The summed E-state index contributed by atoms with van der Waals surface area (Å²) in [5, 5.41) is 11.3. The van der Waals surface area contributed by atoms with Crippen LogP contribution in [0.1, 0.15) is 5.56 Å². The van der Waals surface area contributed by atoms with E-state index in [9.17, 15) is 22.0 Å². The van der Waals surface area contributed by atoms with Crippen LogP contribution in [0.15, 0.2) is 73.1 Å². The topological polar surface area (TPSA) is 68.0 Å². The van der Waals surface area contributed by atoms with E-state index in [0.717, 1.165) is 24.3 Å². The quantitative estimate of drug-likeness (QED) is 0.333. The number of alkyl halides is 3. The van der Waals surface area contributed by atoms with E-state index in [-0.39, 0.29) is 22.9 Å². The van der Waals surface area contributed by atoms with Crippen LogP contribution in [0.3, 0.4) is 0 Å². The molecule has 170 valence electrons. The van der Waals surface area contributed by atoms with E-state index >= 15 is 0 Å². The second-order valence-electron chi connectivity index (χ2n) is 7.22. The zero-order valence-corrected chi connectivity index (χ0v) is 17.1. The predicted molar refractivity (Wildman–Crippen MR) is 114 cm³/mol. The molecule has 0 saturated heterocycles. The average molecular weight is 468 g/mol. The Hall–Kier alpha value is -4.41. The smallest absolute Gasteiger partial charge is 0.324 e. The Morgan fingerprint density at radius 2 is 1.71 bits per heavy atom. The monoisotopic (exact) mass is 468 g/mol. The molecule has 0 spiro atoms. The van der Waals surface area contributed by atoms with E-state index in [1.165, 1.54) is 35.2 Å². The van der Waals surface area contributed by atoms with Crippen molar-refractivity contribution in [2.45, 2.75) is 6.18 Å². The Balaban J connectivity index is 1.63. The van der Waals surface area contributed by atoms with Gasteiger partial charge >= 0.3 is 6.18 Å². The van der Waals surface area contributed by atoms with E-state index in [4.69, 9.17) is 0 Å². The van der Waals surface area contributed by atoms with Gasteiger partial charge in [0.15, 0.2) is 11.6 Å². The van der Waals surface area contributed by atoms with Crippen molar-refractivity contribution in [1.29, 1.82) is 0 Å². The molecule has 3 heterocycles. The Morgan fingerprint density at radius 3 is 2.50 bits per heavy atom. The Labute approximate surface area is 188 Å². The fraction of sp³-hybridized carbons (Fsp3) is 0.0435. The highest BCUT2D eigenvalue weighted by Gasteiger charge is 2.31. The van der Waals surface area contributed by atoms with Crippen LogP contribution < -0.4 is 5.32 Å². The molecule has 3 aromatic heterocycles. The third-order valence-electron chi connectivity index (χ3n) is 4.97. The van der Waals surface area contributed by atoms with Gasteiger partial charge in [0.05, 0.1) is 22.3 Å². The van der Waals surface area contributed by atoms with E-state index < -0.39 is 23.4 Å². The molecule has 1 N–H and O–H groups in total. The van der Waals surface area contributed by atoms with Gasteiger partial charge < -0.3 is 5.32 Å². The van der Waals surface area contributed by atoms with Crippen molar-refractivity contribution in [2.75, 3.05) is 5.32 Å². The summed E-state index contributed by atoms with van der Waals surface area (Å²) in [6, 6.07) is 13.0. The molecule has 0 bridgehead atoms. The zero-order valence-electron chi connectivity index (χ0n) is 17.1. The molecule has 5 rings (SSSR count). The highest BCUT2D eigenvalue weighted by molar-refractivity contribution is 5.90. The third kappa shape index (κ3) is 4.03. The lowest BCUT2D eigenvalue weighted by Gasteiger charge is -2.09. The van der Waals surface area contributed by atoms with Gasteiger partial charge in [0, 0.05) is 29.7 Å². The van der Waals surface area contributed by atoms with Crippen molar-refractivity contribution >= 4 is 17.2 Å². The number of halogens is 5. The summed E-state index contributed by atoms with van der Waals surface area (Å²) < 4.78 is 68.0. The molecular formula is C23H13F5N6. The fourth-order valence-corrected chi connectivity index (χ4v) is 3.45. The number of aromatic nitrogens is 5. The van der Waals surface area contributed by atoms with Gasteiger partial charge in [-0.1, -0.05) is 12.1 Å². The maximum atomic E-state index is 13.6. The van der Waals surface area contributed by atoms with Crippen LogP contribution in [0.5, 0.6) is 0 Å². The SMILES string of the molecule is Fc1ccc(Nc2nccc(-c3c(-c4cccc(C(F)(F)F)c4)nn4ncccc34)n2)cc1F. The van der Waals surface area contributed by atoms with Gasteiger partial charge in [0.2, 0.25) is 5.95 Å². The number of nitrogens with zero attached hydrogens (tertiary/aromatic N) is 5. The van der Waals surface area contributed by atoms with E-state index in [1.54, 1.807) is 18.2 Å². The third-order valence-corrected chi connectivity index (χ3v) is 4.97. The Morgan fingerprint density at radius 1 is 0.853 bits per heavy atom. The largest absolute Gasteiger partial charge is 0.416 e. The number of benzene rings is 2. The number of hydrogen-bond acceptors (Lipinski definition) is 5. The maximum Gasteiger partial charge on any atom is 0.416 e. The van der Waals surface area contributed by atoms with Crippen molar-refractivity contribution < 1.29 is 22.0 Å². The van der Waals surface area contributed by atoms with Crippen molar-refractivity contribution in [1.82, 2.24) is 24.8 Å². The minimum atomic E-state index is -4.52. The van der Waals surface area contributed by atoms with Crippen LogP contribution in [-0.4, -0.2) is 24.8 Å². The molecule has 0 saturated carbocycles. The molecule has 0 aliphatic carbocycles. The molecule has 0 radical (unpaired) electrons. The molecule has 0 aliphatic rings. The molecule has 0 unspecified atom stereocenters. The molecule has 2 aromatic carbocycles. The molecule has 11 heteroatoms. The van der Waals surface area contributed by atoms with Crippen molar-refractivity contribution in [3.05, 3.63) is 90.3 Å². The lowest BCUT2D eigenvalue weighted by atomic mass is 10.0. The molecular weight excluding hydrogens is 455 g/mol. The van der Waals surface area contributed by atoms with Gasteiger partial charge in [-0.3, -0.25) is 0 Å². The van der Waals surface area contributed by atoms with Gasteiger partial charge in [-0.2, -0.15) is 22.9 Å². The number of hydrogen-bond donors (Lipinski definition) is 1. The van der Waals surface area contributed by atoms with Gasteiger partial charge in [-0.05, 0) is 42.5 Å².